The molecule has 2 unspecified atom stereocenters. The van der Waals surface area contributed by atoms with Gasteiger partial charge in [-0.2, -0.15) is 0 Å². The third kappa shape index (κ3) is 4.00. The molecule has 0 radical (unpaired) electrons. The van der Waals surface area contributed by atoms with Crippen molar-refractivity contribution in [2.24, 2.45) is 5.92 Å². The van der Waals surface area contributed by atoms with Gasteiger partial charge in [0.15, 0.2) is 0 Å². The van der Waals surface area contributed by atoms with Crippen LogP contribution in [-0.2, 0) is 11.2 Å². The van der Waals surface area contributed by atoms with Crippen molar-refractivity contribution < 1.29 is 20.1 Å². The van der Waals surface area contributed by atoms with Crippen LogP contribution in [0.5, 0.6) is 0 Å². The molecule has 0 aliphatic heterocycles. The van der Waals surface area contributed by atoms with Gasteiger partial charge in [-0.25, -0.2) is 0 Å². The third-order valence-electron chi connectivity index (χ3n) is 2.44. The maximum Gasteiger partial charge on any atom is 0.306 e. The Morgan fingerprint density at radius 1 is 1.25 bits per heavy atom. The average molecular weight is 224 g/mol. The number of hydrogen-bond donors (Lipinski definition) is 3. The van der Waals surface area contributed by atoms with E-state index < -0.39 is 24.6 Å². The quantitative estimate of drug-likeness (QED) is 0.663. The number of aliphatic hydroxyl groups is 2. The van der Waals surface area contributed by atoms with Gasteiger partial charge in [0.25, 0.3) is 0 Å². The Bertz CT molecular complexity index is 323. The highest BCUT2D eigenvalue weighted by atomic mass is 16.4. The van der Waals surface area contributed by atoms with Gasteiger partial charge in [-0.3, -0.25) is 4.79 Å². The molecule has 0 aliphatic rings. The lowest BCUT2D eigenvalue weighted by Gasteiger charge is -2.15. The Balaban J connectivity index is 2.62. The van der Waals surface area contributed by atoms with Gasteiger partial charge in [-0.05, 0) is 18.4 Å². The number of carboxylic acid groups (broad SMARTS) is 1. The summed E-state index contributed by atoms with van der Waals surface area (Å²) in [5, 5.41) is 26.9. The normalized spacial score (nSPS) is 14.4. The number of aliphatic hydroxyl groups excluding tert-OH is 2. The fraction of sp³-hybridized carbons (Fsp3) is 0.417. The maximum atomic E-state index is 11.0. The maximum absolute atomic E-state index is 11.0. The molecule has 88 valence electrons. The molecule has 0 saturated heterocycles. The van der Waals surface area contributed by atoms with E-state index in [-0.39, 0.29) is 6.42 Å². The first kappa shape index (κ1) is 12.7. The topological polar surface area (TPSA) is 77.8 Å². The lowest BCUT2D eigenvalue weighted by Crippen LogP contribution is -2.24. The zero-order valence-corrected chi connectivity index (χ0v) is 8.91. The summed E-state index contributed by atoms with van der Waals surface area (Å²) in [6, 6.07) is 9.25. The molecule has 1 rings (SSSR count). The molecule has 2 atom stereocenters. The van der Waals surface area contributed by atoms with Crippen molar-refractivity contribution in [3.05, 3.63) is 35.9 Å². The van der Waals surface area contributed by atoms with E-state index in [1.54, 1.807) is 0 Å². The molecule has 0 bridgehead atoms. The Hall–Kier alpha value is -1.39. The fourth-order valence-electron chi connectivity index (χ4n) is 1.57. The second kappa shape index (κ2) is 6.25. The van der Waals surface area contributed by atoms with Crippen LogP contribution in [0.2, 0.25) is 0 Å². The van der Waals surface area contributed by atoms with Crippen LogP contribution in [0.25, 0.3) is 0 Å². The molecule has 0 fully saturated rings. The highest BCUT2D eigenvalue weighted by molar-refractivity contribution is 5.70. The van der Waals surface area contributed by atoms with Gasteiger partial charge in [-0.1, -0.05) is 30.3 Å². The van der Waals surface area contributed by atoms with E-state index in [0.29, 0.717) is 6.42 Å². The molecule has 0 aliphatic carbocycles. The van der Waals surface area contributed by atoms with Gasteiger partial charge in [0.2, 0.25) is 0 Å². The smallest absolute Gasteiger partial charge is 0.306 e. The molecule has 3 N–H and O–H groups in total. The number of hydrogen-bond acceptors (Lipinski definition) is 3. The van der Waals surface area contributed by atoms with E-state index in [0.717, 1.165) is 5.56 Å². The SMILES string of the molecule is O=C(O)C(Cc1ccccc1)CC(O)CO. The summed E-state index contributed by atoms with van der Waals surface area (Å²) in [5.41, 5.74) is 0.917. The van der Waals surface area contributed by atoms with Crippen molar-refractivity contribution in [3.8, 4) is 0 Å². The van der Waals surface area contributed by atoms with Gasteiger partial charge in [0, 0.05) is 0 Å². The lowest BCUT2D eigenvalue weighted by atomic mass is 9.94. The van der Waals surface area contributed by atoms with Gasteiger partial charge in [0.1, 0.15) is 0 Å². The van der Waals surface area contributed by atoms with Crippen molar-refractivity contribution >= 4 is 5.97 Å². The molecule has 0 aromatic heterocycles. The van der Waals surface area contributed by atoms with Crippen molar-refractivity contribution in [1.29, 1.82) is 0 Å². The second-order valence-corrected chi connectivity index (χ2v) is 3.80. The minimum Gasteiger partial charge on any atom is -0.481 e. The highest BCUT2D eigenvalue weighted by Crippen LogP contribution is 2.14. The first-order valence-electron chi connectivity index (χ1n) is 5.19. The molecule has 1 aromatic carbocycles. The van der Waals surface area contributed by atoms with E-state index in [1.165, 1.54) is 0 Å². The monoisotopic (exact) mass is 224 g/mol. The van der Waals surface area contributed by atoms with Crippen LogP contribution in [0.15, 0.2) is 30.3 Å². The molecular weight excluding hydrogens is 208 g/mol. The molecule has 0 amide bonds. The molecule has 4 nitrogen and oxygen atoms in total. The second-order valence-electron chi connectivity index (χ2n) is 3.80. The first-order valence-corrected chi connectivity index (χ1v) is 5.19. The number of rotatable bonds is 6. The average Bonchev–Trinajstić information content (AvgIpc) is 2.29. The fourth-order valence-corrected chi connectivity index (χ4v) is 1.57. The predicted molar refractivity (Wildman–Crippen MR) is 59.0 cm³/mol. The summed E-state index contributed by atoms with van der Waals surface area (Å²) in [6.45, 7) is -0.404. The molecule has 4 heteroatoms. The molecule has 16 heavy (non-hydrogen) atoms. The third-order valence-corrected chi connectivity index (χ3v) is 2.44. The highest BCUT2D eigenvalue weighted by Gasteiger charge is 2.21. The summed E-state index contributed by atoms with van der Waals surface area (Å²) in [7, 11) is 0. The minimum absolute atomic E-state index is 0.0702. The molecule has 0 spiro atoms. The van der Waals surface area contributed by atoms with E-state index in [1.807, 2.05) is 30.3 Å². The largest absolute Gasteiger partial charge is 0.481 e. The van der Waals surface area contributed by atoms with Gasteiger partial charge in [-0.15, -0.1) is 0 Å². The zero-order chi connectivity index (χ0) is 12.0. The number of carbonyl (C=O) groups is 1. The summed E-state index contributed by atoms with van der Waals surface area (Å²) >= 11 is 0. The van der Waals surface area contributed by atoms with Crippen LogP contribution < -0.4 is 0 Å². The van der Waals surface area contributed by atoms with Crippen LogP contribution in [0.4, 0.5) is 0 Å². The standard InChI is InChI=1S/C12H16O4/c13-8-11(14)7-10(12(15)16)6-9-4-2-1-3-5-9/h1-5,10-11,13-14H,6-8H2,(H,15,16). The molecule has 0 saturated carbocycles. The number of carboxylic acids is 1. The van der Waals surface area contributed by atoms with Crippen LogP contribution in [-0.4, -0.2) is 34.0 Å². The minimum atomic E-state index is -0.968. The summed E-state index contributed by atoms with van der Waals surface area (Å²) in [4.78, 5) is 11.0. The molecular formula is C12H16O4. The zero-order valence-electron chi connectivity index (χ0n) is 8.91. The van der Waals surface area contributed by atoms with Gasteiger partial charge in [0.05, 0.1) is 18.6 Å². The van der Waals surface area contributed by atoms with Crippen molar-refractivity contribution in [1.82, 2.24) is 0 Å². The summed E-state index contributed by atoms with van der Waals surface area (Å²) in [5.74, 6) is -1.61. The van der Waals surface area contributed by atoms with Crippen LogP contribution in [0, 0.1) is 5.92 Å². The van der Waals surface area contributed by atoms with Gasteiger partial charge >= 0.3 is 5.97 Å². The number of benzene rings is 1. The first-order chi connectivity index (χ1) is 7.63. The van der Waals surface area contributed by atoms with Crippen molar-refractivity contribution in [2.45, 2.75) is 18.9 Å². The van der Waals surface area contributed by atoms with E-state index in [2.05, 4.69) is 0 Å². The summed E-state index contributed by atoms with van der Waals surface area (Å²) in [6.07, 6.45) is -0.529. The Kier molecular flexibility index (Phi) is 4.95. The Morgan fingerprint density at radius 2 is 1.88 bits per heavy atom. The van der Waals surface area contributed by atoms with E-state index in [9.17, 15) is 9.90 Å². The van der Waals surface area contributed by atoms with E-state index in [4.69, 9.17) is 10.2 Å². The Morgan fingerprint density at radius 3 is 2.38 bits per heavy atom. The number of aliphatic carboxylic acids is 1. The van der Waals surface area contributed by atoms with Gasteiger partial charge < -0.3 is 15.3 Å². The predicted octanol–water partition coefficient (Wildman–Crippen LogP) is 0.673. The summed E-state index contributed by atoms with van der Waals surface area (Å²) < 4.78 is 0. The lowest BCUT2D eigenvalue weighted by molar-refractivity contribution is -0.143. The molecule has 1 aromatic rings. The van der Waals surface area contributed by atoms with Crippen LogP contribution in [0.1, 0.15) is 12.0 Å². The Labute approximate surface area is 94.2 Å². The van der Waals surface area contributed by atoms with Crippen LogP contribution >= 0.6 is 0 Å². The van der Waals surface area contributed by atoms with Crippen LogP contribution in [0.3, 0.4) is 0 Å². The van der Waals surface area contributed by atoms with Crippen molar-refractivity contribution in [2.75, 3.05) is 6.61 Å². The molecule has 0 heterocycles. The van der Waals surface area contributed by atoms with Crippen molar-refractivity contribution in [3.63, 3.8) is 0 Å². The van der Waals surface area contributed by atoms with E-state index >= 15 is 0 Å².